The quantitative estimate of drug-likeness (QED) is 0.888. The van der Waals surface area contributed by atoms with E-state index in [2.05, 4.69) is 15.6 Å². The van der Waals surface area contributed by atoms with E-state index in [4.69, 9.17) is 9.47 Å². The van der Waals surface area contributed by atoms with Gasteiger partial charge in [-0.3, -0.25) is 4.79 Å². The number of ether oxygens (including phenoxy) is 2. The van der Waals surface area contributed by atoms with Crippen molar-refractivity contribution in [1.29, 1.82) is 0 Å². The number of para-hydroxylation sites is 1. The highest BCUT2D eigenvalue weighted by Gasteiger charge is 2.17. The van der Waals surface area contributed by atoms with Crippen LogP contribution in [0.4, 0.5) is 5.82 Å². The van der Waals surface area contributed by atoms with E-state index < -0.39 is 0 Å². The van der Waals surface area contributed by atoms with Gasteiger partial charge in [-0.2, -0.15) is 0 Å². The fourth-order valence-corrected chi connectivity index (χ4v) is 2.04. The summed E-state index contributed by atoms with van der Waals surface area (Å²) in [4.78, 5) is 11.8. The molecule has 2 heterocycles. The molecule has 0 radical (unpaired) electrons. The molecule has 1 unspecified atom stereocenters. The summed E-state index contributed by atoms with van der Waals surface area (Å²) in [6.45, 7) is 1.24. The Bertz CT molecular complexity index is 593. The lowest BCUT2D eigenvalue weighted by Crippen LogP contribution is -2.23. The molecule has 3 rings (SSSR count). The van der Waals surface area contributed by atoms with Gasteiger partial charge >= 0.3 is 0 Å². The van der Waals surface area contributed by atoms with Gasteiger partial charge in [-0.1, -0.05) is 23.4 Å². The van der Waals surface area contributed by atoms with Crippen molar-refractivity contribution in [3.8, 4) is 5.69 Å². The van der Waals surface area contributed by atoms with E-state index in [0.717, 1.165) is 12.1 Å². The first-order chi connectivity index (χ1) is 10.3. The van der Waals surface area contributed by atoms with Gasteiger partial charge in [0.25, 0.3) is 5.91 Å². The van der Waals surface area contributed by atoms with Gasteiger partial charge < -0.3 is 14.8 Å². The van der Waals surface area contributed by atoms with Crippen LogP contribution in [0.1, 0.15) is 6.42 Å². The predicted octanol–water partition coefficient (Wildman–Crippen LogP) is 1.01. The summed E-state index contributed by atoms with van der Waals surface area (Å²) < 4.78 is 12.2. The minimum absolute atomic E-state index is 0.00771. The van der Waals surface area contributed by atoms with Gasteiger partial charge in [-0.25, -0.2) is 4.68 Å². The number of hydrogen-bond acceptors (Lipinski definition) is 5. The number of hydrogen-bond donors (Lipinski definition) is 1. The van der Waals surface area contributed by atoms with Crippen molar-refractivity contribution in [2.75, 3.05) is 25.1 Å². The summed E-state index contributed by atoms with van der Waals surface area (Å²) in [5.74, 6) is 0.150. The van der Waals surface area contributed by atoms with E-state index in [1.54, 1.807) is 10.9 Å². The van der Waals surface area contributed by atoms with E-state index in [1.807, 2.05) is 30.3 Å². The molecule has 1 aliphatic rings. The standard InChI is InChI=1S/C14H16N4O3/c19-14(10-21-12-6-7-20-9-12)15-13-8-18(17-16-13)11-4-2-1-3-5-11/h1-5,8,12H,6-7,9-10H2,(H,15,19). The number of carbonyl (C=O) groups is 1. The Balaban J connectivity index is 1.53. The maximum Gasteiger partial charge on any atom is 0.251 e. The third-order valence-electron chi connectivity index (χ3n) is 3.12. The Labute approximate surface area is 121 Å². The largest absolute Gasteiger partial charge is 0.379 e. The third kappa shape index (κ3) is 3.65. The number of anilines is 1. The van der Waals surface area contributed by atoms with Gasteiger partial charge in [0, 0.05) is 6.61 Å². The molecule has 7 heteroatoms. The van der Waals surface area contributed by atoms with Crippen molar-refractivity contribution in [3.63, 3.8) is 0 Å². The SMILES string of the molecule is O=C(COC1CCOC1)Nc1cn(-c2ccccc2)nn1. The highest BCUT2D eigenvalue weighted by atomic mass is 16.5. The molecule has 1 atom stereocenters. The number of nitrogens with one attached hydrogen (secondary N) is 1. The summed E-state index contributed by atoms with van der Waals surface area (Å²) in [5.41, 5.74) is 0.879. The second-order valence-corrected chi connectivity index (χ2v) is 4.73. The van der Waals surface area contributed by atoms with E-state index in [1.165, 1.54) is 0 Å². The van der Waals surface area contributed by atoms with Crippen LogP contribution in [-0.4, -0.2) is 46.8 Å². The van der Waals surface area contributed by atoms with E-state index in [0.29, 0.717) is 19.0 Å². The van der Waals surface area contributed by atoms with Crippen LogP contribution in [-0.2, 0) is 14.3 Å². The molecule has 1 amide bonds. The maximum absolute atomic E-state index is 11.8. The number of amides is 1. The smallest absolute Gasteiger partial charge is 0.251 e. The molecule has 1 fully saturated rings. The topological polar surface area (TPSA) is 78.3 Å². The number of rotatable bonds is 5. The Kier molecular flexibility index (Phi) is 4.23. The van der Waals surface area contributed by atoms with Gasteiger partial charge in [0.1, 0.15) is 6.61 Å². The van der Waals surface area contributed by atoms with Crippen LogP contribution in [0.5, 0.6) is 0 Å². The zero-order chi connectivity index (χ0) is 14.5. The average molecular weight is 288 g/mol. The van der Waals surface area contributed by atoms with Crippen LogP contribution < -0.4 is 5.32 Å². The molecule has 21 heavy (non-hydrogen) atoms. The fourth-order valence-electron chi connectivity index (χ4n) is 2.04. The Hall–Kier alpha value is -2.25. The van der Waals surface area contributed by atoms with Crippen molar-refractivity contribution < 1.29 is 14.3 Å². The average Bonchev–Trinajstić information content (AvgIpc) is 3.17. The number of aromatic nitrogens is 3. The highest BCUT2D eigenvalue weighted by Crippen LogP contribution is 2.10. The molecule has 1 saturated heterocycles. The van der Waals surface area contributed by atoms with Crippen molar-refractivity contribution in [2.45, 2.75) is 12.5 Å². The molecule has 1 aliphatic heterocycles. The summed E-state index contributed by atoms with van der Waals surface area (Å²) in [5, 5.41) is 10.5. The van der Waals surface area contributed by atoms with Crippen LogP contribution >= 0.6 is 0 Å². The molecule has 0 saturated carbocycles. The van der Waals surface area contributed by atoms with Crippen molar-refractivity contribution >= 4 is 11.7 Å². The molecule has 1 N–H and O–H groups in total. The maximum atomic E-state index is 11.8. The summed E-state index contributed by atoms with van der Waals surface area (Å²) >= 11 is 0. The minimum Gasteiger partial charge on any atom is -0.379 e. The molecular weight excluding hydrogens is 272 g/mol. The molecule has 0 spiro atoms. The number of nitrogens with zero attached hydrogens (tertiary/aromatic N) is 3. The third-order valence-corrected chi connectivity index (χ3v) is 3.12. The van der Waals surface area contributed by atoms with Crippen LogP contribution in [0.25, 0.3) is 5.69 Å². The Morgan fingerprint density at radius 3 is 3.05 bits per heavy atom. The summed E-state index contributed by atoms with van der Waals surface area (Å²) in [6, 6.07) is 9.56. The number of carbonyl (C=O) groups excluding carboxylic acids is 1. The lowest BCUT2D eigenvalue weighted by atomic mass is 10.3. The second kappa shape index (κ2) is 6.47. The van der Waals surface area contributed by atoms with Gasteiger partial charge in [-0.15, -0.1) is 5.10 Å². The lowest BCUT2D eigenvalue weighted by molar-refractivity contribution is -0.122. The zero-order valence-electron chi connectivity index (χ0n) is 11.4. The number of benzene rings is 1. The zero-order valence-corrected chi connectivity index (χ0v) is 11.4. The van der Waals surface area contributed by atoms with Crippen molar-refractivity contribution in [3.05, 3.63) is 36.5 Å². The van der Waals surface area contributed by atoms with Crippen LogP contribution in [0.3, 0.4) is 0 Å². The molecule has 7 nitrogen and oxygen atoms in total. The Morgan fingerprint density at radius 2 is 2.29 bits per heavy atom. The van der Waals surface area contributed by atoms with Crippen LogP contribution in [0.2, 0.25) is 0 Å². The second-order valence-electron chi connectivity index (χ2n) is 4.73. The predicted molar refractivity (Wildman–Crippen MR) is 75.2 cm³/mol. The monoisotopic (exact) mass is 288 g/mol. The van der Waals surface area contributed by atoms with Gasteiger partial charge in [-0.05, 0) is 18.6 Å². The molecule has 1 aromatic heterocycles. The first-order valence-electron chi connectivity index (χ1n) is 6.78. The molecule has 0 aliphatic carbocycles. The van der Waals surface area contributed by atoms with Crippen molar-refractivity contribution in [1.82, 2.24) is 15.0 Å². The summed E-state index contributed by atoms with van der Waals surface area (Å²) in [7, 11) is 0. The molecule has 2 aromatic rings. The highest BCUT2D eigenvalue weighted by molar-refractivity contribution is 5.90. The van der Waals surface area contributed by atoms with Gasteiger partial charge in [0.15, 0.2) is 5.82 Å². The molecule has 0 bridgehead atoms. The first-order valence-corrected chi connectivity index (χ1v) is 6.78. The van der Waals surface area contributed by atoms with Gasteiger partial charge in [0.05, 0.1) is 24.6 Å². The Morgan fingerprint density at radius 1 is 1.43 bits per heavy atom. The molecular formula is C14H16N4O3. The van der Waals surface area contributed by atoms with E-state index >= 15 is 0 Å². The van der Waals surface area contributed by atoms with E-state index in [-0.39, 0.29) is 18.6 Å². The first kappa shape index (κ1) is 13.7. The van der Waals surface area contributed by atoms with Crippen molar-refractivity contribution in [2.24, 2.45) is 0 Å². The van der Waals surface area contributed by atoms with Crippen LogP contribution in [0.15, 0.2) is 36.5 Å². The van der Waals surface area contributed by atoms with E-state index in [9.17, 15) is 4.79 Å². The minimum atomic E-state index is -0.248. The van der Waals surface area contributed by atoms with Crippen LogP contribution in [0, 0.1) is 0 Å². The lowest BCUT2D eigenvalue weighted by Gasteiger charge is -2.08. The van der Waals surface area contributed by atoms with Gasteiger partial charge in [0.2, 0.25) is 0 Å². The molecule has 1 aromatic carbocycles. The molecule has 110 valence electrons. The summed E-state index contributed by atoms with van der Waals surface area (Å²) in [6.07, 6.45) is 2.50. The normalized spacial score (nSPS) is 17.8. The fraction of sp³-hybridized carbons (Fsp3) is 0.357.